The summed E-state index contributed by atoms with van der Waals surface area (Å²) in [4.78, 5) is 22.6. The standard InChI is InChI=1S/C15H11BrFNO3/c16-11-5-6-12(13(17)7-11)14(19)18-8-9-1-3-10(4-2-9)15(20)21/h1-7H,8H2,(H,18,19)(H,20,21). The van der Waals surface area contributed by atoms with Gasteiger partial charge in [0.05, 0.1) is 11.1 Å². The van der Waals surface area contributed by atoms with E-state index in [1.807, 2.05) is 0 Å². The zero-order chi connectivity index (χ0) is 15.4. The molecule has 2 aromatic rings. The van der Waals surface area contributed by atoms with Gasteiger partial charge in [0, 0.05) is 11.0 Å². The number of aromatic carboxylic acids is 1. The van der Waals surface area contributed by atoms with Crippen LogP contribution in [0.4, 0.5) is 4.39 Å². The molecule has 1 amide bonds. The van der Waals surface area contributed by atoms with Crippen molar-refractivity contribution in [2.45, 2.75) is 6.54 Å². The lowest BCUT2D eigenvalue weighted by Gasteiger charge is -2.07. The first-order valence-electron chi connectivity index (χ1n) is 6.03. The first-order valence-corrected chi connectivity index (χ1v) is 6.82. The topological polar surface area (TPSA) is 66.4 Å². The number of carbonyl (C=O) groups is 2. The third-order valence-corrected chi connectivity index (χ3v) is 3.32. The van der Waals surface area contributed by atoms with Crippen molar-refractivity contribution >= 4 is 27.8 Å². The van der Waals surface area contributed by atoms with Crippen molar-refractivity contribution in [2.75, 3.05) is 0 Å². The third-order valence-electron chi connectivity index (χ3n) is 2.83. The van der Waals surface area contributed by atoms with E-state index in [1.165, 1.54) is 24.3 Å². The van der Waals surface area contributed by atoms with Gasteiger partial charge in [-0.3, -0.25) is 4.79 Å². The second-order valence-corrected chi connectivity index (χ2v) is 5.22. The average Bonchev–Trinajstić information content (AvgIpc) is 2.45. The highest BCUT2D eigenvalue weighted by Gasteiger charge is 2.11. The molecule has 0 aromatic heterocycles. The number of amides is 1. The summed E-state index contributed by atoms with van der Waals surface area (Å²) in [5, 5.41) is 11.4. The quantitative estimate of drug-likeness (QED) is 0.888. The van der Waals surface area contributed by atoms with Crippen LogP contribution in [0.3, 0.4) is 0 Å². The maximum absolute atomic E-state index is 13.6. The lowest BCUT2D eigenvalue weighted by Crippen LogP contribution is -2.23. The Bertz CT molecular complexity index is 686. The number of benzene rings is 2. The Labute approximate surface area is 128 Å². The van der Waals surface area contributed by atoms with Crippen LogP contribution in [-0.4, -0.2) is 17.0 Å². The van der Waals surface area contributed by atoms with E-state index in [9.17, 15) is 14.0 Å². The van der Waals surface area contributed by atoms with E-state index < -0.39 is 17.7 Å². The number of nitrogens with one attached hydrogen (secondary N) is 1. The summed E-state index contributed by atoms with van der Waals surface area (Å²) < 4.78 is 14.2. The molecule has 0 radical (unpaired) electrons. The predicted octanol–water partition coefficient (Wildman–Crippen LogP) is 3.22. The van der Waals surface area contributed by atoms with E-state index in [-0.39, 0.29) is 17.7 Å². The fraction of sp³-hybridized carbons (Fsp3) is 0.0667. The van der Waals surface area contributed by atoms with Crippen LogP contribution in [0.2, 0.25) is 0 Å². The fourth-order valence-electron chi connectivity index (χ4n) is 1.72. The molecule has 0 aliphatic heterocycles. The van der Waals surface area contributed by atoms with Crippen LogP contribution in [0.5, 0.6) is 0 Å². The molecule has 0 atom stereocenters. The molecule has 0 aliphatic rings. The van der Waals surface area contributed by atoms with Crippen molar-refractivity contribution in [3.63, 3.8) is 0 Å². The Morgan fingerprint density at radius 2 is 1.81 bits per heavy atom. The summed E-state index contributed by atoms with van der Waals surface area (Å²) in [6.45, 7) is 0.189. The number of halogens is 2. The van der Waals surface area contributed by atoms with Gasteiger partial charge in [-0.2, -0.15) is 0 Å². The minimum Gasteiger partial charge on any atom is -0.478 e. The van der Waals surface area contributed by atoms with Gasteiger partial charge in [0.1, 0.15) is 5.82 Å². The van der Waals surface area contributed by atoms with Gasteiger partial charge in [-0.15, -0.1) is 0 Å². The molecule has 2 N–H and O–H groups in total. The zero-order valence-corrected chi connectivity index (χ0v) is 12.4. The summed E-state index contributed by atoms with van der Waals surface area (Å²) in [7, 11) is 0. The van der Waals surface area contributed by atoms with Crippen LogP contribution in [0.1, 0.15) is 26.3 Å². The van der Waals surface area contributed by atoms with Gasteiger partial charge in [0.2, 0.25) is 0 Å². The van der Waals surface area contributed by atoms with Crippen molar-refractivity contribution in [1.29, 1.82) is 0 Å². The molecule has 4 nitrogen and oxygen atoms in total. The zero-order valence-electron chi connectivity index (χ0n) is 10.8. The molecule has 0 saturated heterocycles. The highest BCUT2D eigenvalue weighted by Crippen LogP contribution is 2.15. The number of carbonyl (C=O) groups excluding carboxylic acids is 1. The lowest BCUT2D eigenvalue weighted by molar-refractivity contribution is 0.0696. The second kappa shape index (κ2) is 6.49. The van der Waals surface area contributed by atoms with Gasteiger partial charge in [-0.25, -0.2) is 9.18 Å². The highest BCUT2D eigenvalue weighted by molar-refractivity contribution is 9.10. The Hall–Kier alpha value is -2.21. The predicted molar refractivity (Wildman–Crippen MR) is 78.7 cm³/mol. The monoisotopic (exact) mass is 351 g/mol. The number of carboxylic acids is 1. The highest BCUT2D eigenvalue weighted by atomic mass is 79.9. The van der Waals surface area contributed by atoms with Crippen LogP contribution in [0, 0.1) is 5.82 Å². The second-order valence-electron chi connectivity index (χ2n) is 4.31. The first kappa shape index (κ1) is 15.2. The SMILES string of the molecule is O=C(O)c1ccc(CNC(=O)c2ccc(Br)cc2F)cc1. The molecule has 0 spiro atoms. The molecular weight excluding hydrogens is 341 g/mol. The first-order chi connectivity index (χ1) is 9.97. The molecule has 0 heterocycles. The summed E-state index contributed by atoms with van der Waals surface area (Å²) in [5.74, 6) is -2.15. The van der Waals surface area contributed by atoms with Crippen molar-refractivity contribution in [3.05, 3.63) is 69.4 Å². The normalized spacial score (nSPS) is 10.2. The Morgan fingerprint density at radius 3 is 2.38 bits per heavy atom. The molecule has 0 saturated carbocycles. The summed E-state index contributed by atoms with van der Waals surface area (Å²) in [6, 6.07) is 10.3. The van der Waals surface area contributed by atoms with Crippen LogP contribution in [-0.2, 0) is 6.54 Å². The Balaban J connectivity index is 2.02. The van der Waals surface area contributed by atoms with Gasteiger partial charge >= 0.3 is 5.97 Å². The smallest absolute Gasteiger partial charge is 0.335 e. The summed E-state index contributed by atoms with van der Waals surface area (Å²) in [5.41, 5.74) is 0.857. The van der Waals surface area contributed by atoms with E-state index in [0.717, 1.165) is 5.56 Å². The van der Waals surface area contributed by atoms with E-state index in [2.05, 4.69) is 21.2 Å². The van der Waals surface area contributed by atoms with Crippen molar-refractivity contribution in [2.24, 2.45) is 0 Å². The van der Waals surface area contributed by atoms with Crippen LogP contribution < -0.4 is 5.32 Å². The maximum atomic E-state index is 13.6. The van der Waals surface area contributed by atoms with E-state index in [1.54, 1.807) is 18.2 Å². The van der Waals surface area contributed by atoms with Gasteiger partial charge in [-0.05, 0) is 35.9 Å². The molecule has 21 heavy (non-hydrogen) atoms. The fourth-order valence-corrected chi connectivity index (χ4v) is 2.05. The molecule has 0 fully saturated rings. The number of hydrogen-bond acceptors (Lipinski definition) is 2. The average molecular weight is 352 g/mol. The van der Waals surface area contributed by atoms with Gasteiger partial charge in [0.15, 0.2) is 0 Å². The van der Waals surface area contributed by atoms with Crippen molar-refractivity contribution < 1.29 is 19.1 Å². The molecule has 108 valence electrons. The summed E-state index contributed by atoms with van der Waals surface area (Å²) >= 11 is 3.12. The minimum atomic E-state index is -1.01. The Morgan fingerprint density at radius 1 is 1.14 bits per heavy atom. The van der Waals surface area contributed by atoms with Crippen molar-refractivity contribution in [1.82, 2.24) is 5.32 Å². The van der Waals surface area contributed by atoms with Crippen LogP contribution in [0.15, 0.2) is 46.9 Å². The molecule has 2 rings (SSSR count). The van der Waals surface area contributed by atoms with E-state index in [4.69, 9.17) is 5.11 Å². The minimum absolute atomic E-state index is 0.0413. The number of carboxylic acid groups (broad SMARTS) is 1. The lowest BCUT2D eigenvalue weighted by atomic mass is 10.1. The Kier molecular flexibility index (Phi) is 4.70. The van der Waals surface area contributed by atoms with E-state index >= 15 is 0 Å². The van der Waals surface area contributed by atoms with E-state index in [0.29, 0.717) is 4.47 Å². The van der Waals surface area contributed by atoms with Gasteiger partial charge < -0.3 is 10.4 Å². The number of rotatable bonds is 4. The van der Waals surface area contributed by atoms with Crippen LogP contribution in [0.25, 0.3) is 0 Å². The molecular formula is C15H11BrFNO3. The van der Waals surface area contributed by atoms with Gasteiger partial charge in [-0.1, -0.05) is 28.1 Å². The third kappa shape index (κ3) is 3.88. The molecule has 0 aliphatic carbocycles. The summed E-state index contributed by atoms with van der Waals surface area (Å²) in [6.07, 6.45) is 0. The molecule has 0 unspecified atom stereocenters. The van der Waals surface area contributed by atoms with Crippen LogP contribution >= 0.6 is 15.9 Å². The molecule has 6 heteroatoms. The largest absolute Gasteiger partial charge is 0.478 e. The number of hydrogen-bond donors (Lipinski definition) is 2. The van der Waals surface area contributed by atoms with Gasteiger partial charge in [0.25, 0.3) is 5.91 Å². The van der Waals surface area contributed by atoms with Crippen molar-refractivity contribution in [3.8, 4) is 0 Å². The molecule has 0 bridgehead atoms. The maximum Gasteiger partial charge on any atom is 0.335 e. The molecule has 2 aromatic carbocycles.